The van der Waals surface area contributed by atoms with Crippen LogP contribution < -0.4 is 16.6 Å². The number of nitrogens with zero attached hydrogens (tertiary/aromatic N) is 2. The van der Waals surface area contributed by atoms with Crippen molar-refractivity contribution in [1.82, 2.24) is 15.6 Å². The Morgan fingerprint density at radius 3 is 3.12 bits per heavy atom. The standard InChI is InChI=1S/C10H21N5O2/c1-8(7-17-2)13-10(14-11)15-5-3-9(16)12-4-6-15/h8H,3-7,11H2,1-2H3,(H,12,16)(H,13,14). The van der Waals surface area contributed by atoms with Crippen LogP contribution in [0.3, 0.4) is 0 Å². The van der Waals surface area contributed by atoms with E-state index >= 15 is 0 Å². The molecule has 0 aromatic rings. The number of rotatable bonds is 3. The van der Waals surface area contributed by atoms with Gasteiger partial charge >= 0.3 is 0 Å². The van der Waals surface area contributed by atoms with Crippen LogP contribution in [-0.2, 0) is 9.53 Å². The predicted octanol–water partition coefficient (Wildman–Crippen LogP) is -1.34. The third kappa shape index (κ3) is 4.58. The molecule has 1 rings (SSSR count). The second-order valence-corrected chi connectivity index (χ2v) is 3.99. The van der Waals surface area contributed by atoms with Crippen LogP contribution in [0.4, 0.5) is 0 Å². The zero-order valence-electron chi connectivity index (χ0n) is 10.4. The van der Waals surface area contributed by atoms with Crippen molar-refractivity contribution in [2.75, 3.05) is 33.4 Å². The molecule has 7 heteroatoms. The summed E-state index contributed by atoms with van der Waals surface area (Å²) in [6.07, 6.45) is 0.458. The molecule has 98 valence electrons. The van der Waals surface area contributed by atoms with Crippen LogP contribution in [-0.4, -0.2) is 56.2 Å². The molecule has 17 heavy (non-hydrogen) atoms. The minimum atomic E-state index is 0.0259. The molecule has 1 saturated heterocycles. The number of carbonyl (C=O) groups excluding carboxylic acids is 1. The first kappa shape index (κ1) is 13.7. The number of nitrogens with one attached hydrogen (secondary N) is 2. The SMILES string of the molecule is COCC(C)N=C(NN)N1CCNC(=O)CC1. The maximum absolute atomic E-state index is 11.2. The Labute approximate surface area is 101 Å². The van der Waals surface area contributed by atoms with Gasteiger partial charge in [0.2, 0.25) is 11.9 Å². The molecule has 0 radical (unpaired) electrons. The summed E-state index contributed by atoms with van der Waals surface area (Å²) < 4.78 is 5.02. The maximum Gasteiger partial charge on any atom is 0.221 e. The Kier molecular flexibility index (Phi) is 5.71. The lowest BCUT2D eigenvalue weighted by Crippen LogP contribution is -2.46. The van der Waals surface area contributed by atoms with Crippen LogP contribution in [0.25, 0.3) is 0 Å². The highest BCUT2D eigenvalue weighted by atomic mass is 16.5. The number of hydrogen-bond donors (Lipinski definition) is 3. The summed E-state index contributed by atoms with van der Waals surface area (Å²) in [6, 6.07) is 0.0259. The average molecular weight is 243 g/mol. The van der Waals surface area contributed by atoms with Crippen LogP contribution in [0.2, 0.25) is 0 Å². The molecule has 0 spiro atoms. The Morgan fingerprint density at radius 1 is 1.71 bits per heavy atom. The third-order valence-electron chi connectivity index (χ3n) is 2.49. The number of amides is 1. The van der Waals surface area contributed by atoms with Crippen molar-refractivity contribution >= 4 is 11.9 Å². The molecule has 1 atom stereocenters. The minimum Gasteiger partial charge on any atom is -0.382 e. The first-order valence-corrected chi connectivity index (χ1v) is 5.72. The lowest BCUT2D eigenvalue weighted by molar-refractivity contribution is -0.120. The zero-order chi connectivity index (χ0) is 12.7. The van der Waals surface area contributed by atoms with Gasteiger partial charge in [-0.3, -0.25) is 10.2 Å². The van der Waals surface area contributed by atoms with Crippen molar-refractivity contribution in [1.29, 1.82) is 0 Å². The topological polar surface area (TPSA) is 92.0 Å². The number of methoxy groups -OCH3 is 1. The fourth-order valence-electron chi connectivity index (χ4n) is 1.68. The number of guanidine groups is 1. The molecule has 7 nitrogen and oxygen atoms in total. The maximum atomic E-state index is 11.2. The van der Waals surface area contributed by atoms with Gasteiger partial charge in [-0.2, -0.15) is 0 Å². The molecule has 1 aliphatic rings. The number of hydrazine groups is 1. The summed E-state index contributed by atoms with van der Waals surface area (Å²) in [6.45, 7) is 4.42. The van der Waals surface area contributed by atoms with Gasteiger partial charge in [0.1, 0.15) is 0 Å². The van der Waals surface area contributed by atoms with Crippen molar-refractivity contribution in [3.05, 3.63) is 0 Å². The van der Waals surface area contributed by atoms with Crippen LogP contribution >= 0.6 is 0 Å². The second-order valence-electron chi connectivity index (χ2n) is 3.99. The van der Waals surface area contributed by atoms with Crippen LogP contribution in [0.15, 0.2) is 4.99 Å². The number of aliphatic imine (C=N–C) groups is 1. The molecular weight excluding hydrogens is 222 g/mol. The molecular formula is C10H21N5O2. The molecule has 0 bridgehead atoms. The summed E-state index contributed by atoms with van der Waals surface area (Å²) in [7, 11) is 1.64. The Balaban J connectivity index is 2.62. The van der Waals surface area contributed by atoms with Gasteiger partial charge in [0.25, 0.3) is 0 Å². The number of carbonyl (C=O) groups is 1. The molecule has 0 saturated carbocycles. The Bertz CT molecular complexity index is 282. The molecule has 0 aliphatic carbocycles. The summed E-state index contributed by atoms with van der Waals surface area (Å²) in [5.74, 6) is 6.13. The summed E-state index contributed by atoms with van der Waals surface area (Å²) >= 11 is 0. The largest absolute Gasteiger partial charge is 0.382 e. The van der Waals surface area contributed by atoms with Crippen LogP contribution in [0.5, 0.6) is 0 Å². The summed E-state index contributed by atoms with van der Waals surface area (Å²) in [5.41, 5.74) is 2.58. The first-order valence-electron chi connectivity index (χ1n) is 5.72. The highest BCUT2D eigenvalue weighted by Crippen LogP contribution is 1.99. The summed E-state index contributed by atoms with van der Waals surface area (Å²) in [4.78, 5) is 17.6. The molecule has 1 amide bonds. The van der Waals surface area contributed by atoms with E-state index in [4.69, 9.17) is 10.6 Å². The summed E-state index contributed by atoms with van der Waals surface area (Å²) in [5, 5.41) is 2.80. The van der Waals surface area contributed by atoms with Gasteiger partial charge in [-0.05, 0) is 6.92 Å². The predicted molar refractivity (Wildman–Crippen MR) is 65.3 cm³/mol. The molecule has 1 unspecified atom stereocenters. The average Bonchev–Trinajstić information content (AvgIpc) is 2.51. The molecule has 4 N–H and O–H groups in total. The monoisotopic (exact) mass is 243 g/mol. The molecule has 1 fully saturated rings. The second kappa shape index (κ2) is 7.08. The fraction of sp³-hybridized carbons (Fsp3) is 0.800. The Morgan fingerprint density at radius 2 is 2.47 bits per heavy atom. The lowest BCUT2D eigenvalue weighted by Gasteiger charge is -2.23. The molecule has 0 aromatic carbocycles. The van der Waals surface area contributed by atoms with Gasteiger partial charge in [0.05, 0.1) is 12.6 Å². The van der Waals surface area contributed by atoms with Crippen LogP contribution in [0.1, 0.15) is 13.3 Å². The van der Waals surface area contributed by atoms with Crippen molar-refractivity contribution in [2.24, 2.45) is 10.8 Å². The van der Waals surface area contributed by atoms with Crippen LogP contribution in [0, 0.1) is 0 Å². The van der Waals surface area contributed by atoms with Gasteiger partial charge in [0, 0.05) is 33.2 Å². The zero-order valence-corrected chi connectivity index (χ0v) is 10.4. The fourth-order valence-corrected chi connectivity index (χ4v) is 1.68. The van der Waals surface area contributed by atoms with Crippen molar-refractivity contribution in [3.63, 3.8) is 0 Å². The minimum absolute atomic E-state index is 0.0259. The van der Waals surface area contributed by atoms with E-state index in [1.807, 2.05) is 11.8 Å². The Hall–Kier alpha value is -1.34. The smallest absolute Gasteiger partial charge is 0.221 e. The molecule has 1 aliphatic heterocycles. The van der Waals surface area contributed by atoms with E-state index in [1.54, 1.807) is 7.11 Å². The lowest BCUT2D eigenvalue weighted by atomic mass is 10.4. The quantitative estimate of drug-likeness (QED) is 0.247. The number of nitrogens with two attached hydrogens (primary N) is 1. The van der Waals surface area contributed by atoms with Gasteiger partial charge in [-0.25, -0.2) is 10.8 Å². The van der Waals surface area contributed by atoms with E-state index in [2.05, 4.69) is 15.7 Å². The van der Waals surface area contributed by atoms with E-state index in [-0.39, 0.29) is 11.9 Å². The number of ether oxygens (including phenoxy) is 1. The molecule has 1 heterocycles. The van der Waals surface area contributed by atoms with Gasteiger partial charge in [-0.15, -0.1) is 0 Å². The van der Waals surface area contributed by atoms with Gasteiger partial charge < -0.3 is 15.0 Å². The van der Waals surface area contributed by atoms with E-state index < -0.39 is 0 Å². The number of hydrogen-bond acceptors (Lipinski definition) is 4. The highest BCUT2D eigenvalue weighted by Gasteiger charge is 2.16. The highest BCUT2D eigenvalue weighted by molar-refractivity contribution is 5.82. The molecule has 0 aromatic heterocycles. The first-order chi connectivity index (χ1) is 8.17. The normalized spacial score (nSPS) is 19.6. The van der Waals surface area contributed by atoms with E-state index in [0.717, 1.165) is 0 Å². The van der Waals surface area contributed by atoms with Crippen molar-refractivity contribution < 1.29 is 9.53 Å². The van der Waals surface area contributed by atoms with E-state index in [1.165, 1.54) is 0 Å². The van der Waals surface area contributed by atoms with Crippen molar-refractivity contribution in [2.45, 2.75) is 19.4 Å². The third-order valence-corrected chi connectivity index (χ3v) is 2.49. The van der Waals surface area contributed by atoms with Gasteiger partial charge in [0.15, 0.2) is 0 Å². The van der Waals surface area contributed by atoms with Gasteiger partial charge in [-0.1, -0.05) is 0 Å². The van der Waals surface area contributed by atoms with E-state index in [0.29, 0.717) is 38.6 Å². The van der Waals surface area contributed by atoms with E-state index in [9.17, 15) is 4.79 Å². The van der Waals surface area contributed by atoms with Crippen molar-refractivity contribution in [3.8, 4) is 0 Å².